The Morgan fingerprint density at radius 3 is 2.48 bits per heavy atom. The quantitative estimate of drug-likeness (QED) is 0.909. The van der Waals surface area contributed by atoms with Crippen LogP contribution in [0.3, 0.4) is 0 Å². The maximum atomic E-state index is 12.4. The Labute approximate surface area is 125 Å². The number of rotatable bonds is 5. The lowest BCUT2D eigenvalue weighted by atomic mass is 10.1. The van der Waals surface area contributed by atoms with Gasteiger partial charge in [-0.1, -0.05) is 18.2 Å². The van der Waals surface area contributed by atoms with Crippen LogP contribution in [0.15, 0.2) is 41.6 Å². The molecule has 0 aliphatic rings. The van der Waals surface area contributed by atoms with Gasteiger partial charge in [-0.25, -0.2) is 13.1 Å². The number of hydrogen-bond acceptors (Lipinski definition) is 4. The summed E-state index contributed by atoms with van der Waals surface area (Å²) in [5.41, 5.74) is 1.91. The van der Waals surface area contributed by atoms with Crippen LogP contribution >= 0.6 is 0 Å². The maximum absolute atomic E-state index is 12.4. The number of benzene rings is 1. The number of aryl methyl sites for hydroxylation is 1. The van der Waals surface area contributed by atoms with Crippen molar-refractivity contribution in [1.82, 2.24) is 14.5 Å². The van der Waals surface area contributed by atoms with Crippen molar-refractivity contribution < 1.29 is 8.42 Å². The lowest BCUT2D eigenvalue weighted by Gasteiger charge is -2.22. The van der Waals surface area contributed by atoms with E-state index in [-0.39, 0.29) is 11.1 Å². The number of anilines is 1. The highest BCUT2D eigenvalue weighted by molar-refractivity contribution is 7.89. The summed E-state index contributed by atoms with van der Waals surface area (Å²) in [5.74, 6) is 0. The largest absolute Gasteiger partial charge is 0.377 e. The standard InChI is InChI=1S/C14H20N4O2S/c1-11(12-7-5-6-8-13(12)17(2)3)16-21(19,20)14-9-10-15-18(14)4/h5-11,16H,1-4H3. The highest BCUT2D eigenvalue weighted by Gasteiger charge is 2.22. The topological polar surface area (TPSA) is 67.2 Å². The molecule has 114 valence electrons. The van der Waals surface area contributed by atoms with Gasteiger partial charge in [0, 0.05) is 32.9 Å². The summed E-state index contributed by atoms with van der Waals surface area (Å²) in [4.78, 5) is 1.96. The molecular formula is C14H20N4O2S. The number of para-hydroxylation sites is 1. The lowest BCUT2D eigenvalue weighted by molar-refractivity contribution is 0.550. The molecule has 0 saturated carbocycles. The predicted octanol–water partition coefficient (Wildman–Crippen LogP) is 1.53. The molecule has 0 aliphatic heterocycles. The summed E-state index contributed by atoms with van der Waals surface area (Å²) < 4.78 is 28.8. The third-order valence-corrected chi connectivity index (χ3v) is 4.88. The molecule has 0 saturated heterocycles. The third kappa shape index (κ3) is 3.25. The second-order valence-electron chi connectivity index (χ2n) is 5.09. The van der Waals surface area contributed by atoms with Crippen molar-refractivity contribution in [1.29, 1.82) is 0 Å². The minimum Gasteiger partial charge on any atom is -0.377 e. The summed E-state index contributed by atoms with van der Waals surface area (Å²) in [5, 5.41) is 4.05. The highest BCUT2D eigenvalue weighted by atomic mass is 32.2. The zero-order chi connectivity index (χ0) is 15.6. The Morgan fingerprint density at radius 1 is 1.24 bits per heavy atom. The van der Waals surface area contributed by atoms with Crippen LogP contribution in [0.4, 0.5) is 5.69 Å². The van der Waals surface area contributed by atoms with Gasteiger partial charge in [0.2, 0.25) is 0 Å². The Bertz CT molecular complexity index is 722. The fourth-order valence-electron chi connectivity index (χ4n) is 2.24. The molecule has 2 aromatic rings. The molecule has 1 N–H and O–H groups in total. The van der Waals surface area contributed by atoms with Crippen LogP contribution in [-0.4, -0.2) is 32.3 Å². The molecule has 0 fully saturated rings. The van der Waals surface area contributed by atoms with Gasteiger partial charge < -0.3 is 4.90 Å². The van der Waals surface area contributed by atoms with Gasteiger partial charge in [0.15, 0.2) is 5.03 Å². The van der Waals surface area contributed by atoms with E-state index in [4.69, 9.17) is 0 Å². The van der Waals surface area contributed by atoms with E-state index in [9.17, 15) is 8.42 Å². The highest BCUT2D eigenvalue weighted by Crippen LogP contribution is 2.25. The first kappa shape index (κ1) is 15.5. The summed E-state index contributed by atoms with van der Waals surface area (Å²) in [6.45, 7) is 1.83. The maximum Gasteiger partial charge on any atom is 0.258 e. The number of hydrogen-bond donors (Lipinski definition) is 1. The predicted molar refractivity (Wildman–Crippen MR) is 82.7 cm³/mol. The van der Waals surface area contributed by atoms with Crippen LogP contribution in [0.25, 0.3) is 0 Å². The van der Waals surface area contributed by atoms with Gasteiger partial charge in [-0.3, -0.25) is 4.68 Å². The molecule has 1 unspecified atom stereocenters. The van der Waals surface area contributed by atoms with Crippen LogP contribution < -0.4 is 9.62 Å². The van der Waals surface area contributed by atoms with Crippen molar-refractivity contribution in [2.45, 2.75) is 18.0 Å². The summed E-state index contributed by atoms with van der Waals surface area (Å²) >= 11 is 0. The molecule has 0 radical (unpaired) electrons. The number of nitrogens with one attached hydrogen (secondary N) is 1. The van der Waals surface area contributed by atoms with E-state index in [0.717, 1.165) is 11.3 Å². The van der Waals surface area contributed by atoms with Gasteiger partial charge in [-0.15, -0.1) is 0 Å². The smallest absolute Gasteiger partial charge is 0.258 e. The Hall–Kier alpha value is -1.86. The first-order valence-electron chi connectivity index (χ1n) is 6.59. The van der Waals surface area contributed by atoms with Gasteiger partial charge in [-0.2, -0.15) is 5.10 Å². The van der Waals surface area contributed by atoms with Gasteiger partial charge in [-0.05, 0) is 24.6 Å². The first-order valence-corrected chi connectivity index (χ1v) is 8.08. The Kier molecular flexibility index (Phi) is 4.34. The average molecular weight is 308 g/mol. The average Bonchev–Trinajstić information content (AvgIpc) is 2.85. The molecule has 7 heteroatoms. The molecule has 0 spiro atoms. The van der Waals surface area contributed by atoms with E-state index in [0.29, 0.717) is 0 Å². The van der Waals surface area contributed by atoms with Gasteiger partial charge in [0.05, 0.1) is 6.20 Å². The third-order valence-electron chi connectivity index (χ3n) is 3.27. The first-order chi connectivity index (χ1) is 9.83. The second kappa shape index (κ2) is 5.87. The van der Waals surface area contributed by atoms with Crippen LogP contribution in [0.5, 0.6) is 0 Å². The van der Waals surface area contributed by atoms with Crippen LogP contribution in [0, 0.1) is 0 Å². The zero-order valence-corrected chi connectivity index (χ0v) is 13.4. The number of aromatic nitrogens is 2. The summed E-state index contributed by atoms with van der Waals surface area (Å²) in [7, 11) is 1.86. The van der Waals surface area contributed by atoms with Crippen LogP contribution in [-0.2, 0) is 17.1 Å². The molecule has 0 aliphatic carbocycles. The molecule has 1 atom stereocenters. The Balaban J connectivity index is 2.31. The van der Waals surface area contributed by atoms with Crippen LogP contribution in [0.1, 0.15) is 18.5 Å². The minimum atomic E-state index is -3.61. The molecule has 6 nitrogen and oxygen atoms in total. The van der Waals surface area contributed by atoms with Crippen LogP contribution in [0.2, 0.25) is 0 Å². The molecule has 1 aromatic heterocycles. The fraction of sp³-hybridized carbons (Fsp3) is 0.357. The van der Waals surface area contributed by atoms with E-state index in [1.54, 1.807) is 7.05 Å². The van der Waals surface area contributed by atoms with E-state index in [2.05, 4.69) is 9.82 Å². The zero-order valence-electron chi connectivity index (χ0n) is 12.6. The van der Waals surface area contributed by atoms with Crippen molar-refractivity contribution >= 4 is 15.7 Å². The molecule has 1 heterocycles. The molecular weight excluding hydrogens is 288 g/mol. The minimum absolute atomic E-state index is 0.150. The van der Waals surface area contributed by atoms with Crippen molar-refractivity contribution in [3.63, 3.8) is 0 Å². The van der Waals surface area contributed by atoms with Gasteiger partial charge in [0.1, 0.15) is 0 Å². The fourth-order valence-corrected chi connectivity index (χ4v) is 3.59. The monoisotopic (exact) mass is 308 g/mol. The van der Waals surface area contributed by atoms with E-state index in [1.807, 2.05) is 50.2 Å². The van der Waals surface area contributed by atoms with Crippen molar-refractivity contribution in [3.8, 4) is 0 Å². The van der Waals surface area contributed by atoms with Crippen molar-refractivity contribution in [3.05, 3.63) is 42.1 Å². The number of nitrogens with zero attached hydrogens (tertiary/aromatic N) is 3. The van der Waals surface area contributed by atoms with Gasteiger partial charge in [0.25, 0.3) is 10.0 Å². The van der Waals surface area contributed by atoms with E-state index in [1.165, 1.54) is 16.9 Å². The lowest BCUT2D eigenvalue weighted by Crippen LogP contribution is -2.29. The SMILES string of the molecule is CC(NS(=O)(=O)c1ccnn1C)c1ccccc1N(C)C. The summed E-state index contributed by atoms with van der Waals surface area (Å²) in [6, 6.07) is 8.85. The normalized spacial score (nSPS) is 13.1. The number of sulfonamides is 1. The van der Waals surface area contributed by atoms with E-state index < -0.39 is 10.0 Å². The van der Waals surface area contributed by atoms with E-state index >= 15 is 0 Å². The molecule has 0 amide bonds. The Morgan fingerprint density at radius 2 is 1.90 bits per heavy atom. The van der Waals surface area contributed by atoms with Gasteiger partial charge >= 0.3 is 0 Å². The van der Waals surface area contributed by atoms with Crippen molar-refractivity contribution in [2.24, 2.45) is 7.05 Å². The second-order valence-corrected chi connectivity index (χ2v) is 6.75. The van der Waals surface area contributed by atoms with Crippen molar-refractivity contribution in [2.75, 3.05) is 19.0 Å². The molecule has 2 rings (SSSR count). The molecule has 21 heavy (non-hydrogen) atoms. The summed E-state index contributed by atoms with van der Waals surface area (Å²) in [6.07, 6.45) is 1.47. The molecule has 0 bridgehead atoms. The molecule has 1 aromatic carbocycles.